The summed E-state index contributed by atoms with van der Waals surface area (Å²) in [5, 5.41) is 1.81. The van der Waals surface area contributed by atoms with Crippen molar-refractivity contribution in [2.24, 2.45) is 0 Å². The monoisotopic (exact) mass is 433 g/mol. The van der Waals surface area contributed by atoms with Crippen LogP contribution in [0.5, 0.6) is 0 Å². The van der Waals surface area contributed by atoms with Gasteiger partial charge in [0.2, 0.25) is 10.0 Å². The van der Waals surface area contributed by atoms with Gasteiger partial charge in [0.25, 0.3) is 0 Å². The van der Waals surface area contributed by atoms with E-state index in [9.17, 15) is 8.42 Å². The maximum atomic E-state index is 13.2. The molecule has 1 aliphatic rings. The minimum absolute atomic E-state index is 0.176. The molecule has 0 aliphatic carbocycles. The Morgan fingerprint density at radius 2 is 1.68 bits per heavy atom. The summed E-state index contributed by atoms with van der Waals surface area (Å²) in [6.45, 7) is 0.528. The Bertz CT molecular complexity index is 1020. The second kappa shape index (κ2) is 6.76. The molecule has 0 saturated carbocycles. The minimum atomic E-state index is -3.54. The molecule has 6 heteroatoms. The number of hydrogen-bond donors (Lipinski definition) is 0. The van der Waals surface area contributed by atoms with Crippen molar-refractivity contribution >= 4 is 48.5 Å². The summed E-state index contributed by atoms with van der Waals surface area (Å²) in [6, 6.07) is 21.0. The Balaban J connectivity index is 1.73. The molecule has 0 radical (unpaired) electrons. The SMILES string of the molecule is O=S(=O)(c1ccc2ccccc2c1)N1CCS[C@@H]1c1ccc(Br)cc1. The van der Waals surface area contributed by atoms with E-state index in [0.29, 0.717) is 11.4 Å². The largest absolute Gasteiger partial charge is 0.244 e. The molecule has 0 spiro atoms. The summed E-state index contributed by atoms with van der Waals surface area (Å²) in [5.41, 5.74) is 1.01. The molecule has 128 valence electrons. The van der Waals surface area contributed by atoms with Gasteiger partial charge in [-0.05, 0) is 40.6 Å². The quantitative estimate of drug-likeness (QED) is 0.580. The molecule has 1 fully saturated rings. The van der Waals surface area contributed by atoms with E-state index in [-0.39, 0.29) is 5.37 Å². The van der Waals surface area contributed by atoms with Crippen molar-refractivity contribution in [2.75, 3.05) is 12.3 Å². The van der Waals surface area contributed by atoms with Gasteiger partial charge in [-0.1, -0.05) is 58.4 Å². The molecule has 0 unspecified atom stereocenters. The fraction of sp³-hybridized carbons (Fsp3) is 0.158. The van der Waals surface area contributed by atoms with Crippen LogP contribution in [-0.4, -0.2) is 25.0 Å². The Hall–Kier alpha value is -1.34. The first-order valence-corrected chi connectivity index (χ1v) is 11.2. The summed E-state index contributed by atoms with van der Waals surface area (Å²) in [5.74, 6) is 0.799. The first-order valence-electron chi connectivity index (χ1n) is 7.93. The average Bonchev–Trinajstić information content (AvgIpc) is 3.12. The Morgan fingerprint density at radius 1 is 0.960 bits per heavy atom. The molecule has 25 heavy (non-hydrogen) atoms. The van der Waals surface area contributed by atoms with Gasteiger partial charge in [-0.2, -0.15) is 4.31 Å². The molecule has 3 aromatic rings. The van der Waals surface area contributed by atoms with E-state index >= 15 is 0 Å². The fourth-order valence-electron chi connectivity index (χ4n) is 3.05. The predicted octanol–water partition coefficient (Wildman–Crippen LogP) is 5.04. The zero-order valence-corrected chi connectivity index (χ0v) is 16.5. The van der Waals surface area contributed by atoms with Crippen LogP contribution in [0, 0.1) is 0 Å². The number of thioether (sulfide) groups is 1. The van der Waals surface area contributed by atoms with E-state index in [1.807, 2.05) is 54.6 Å². The number of rotatable bonds is 3. The molecule has 0 bridgehead atoms. The van der Waals surface area contributed by atoms with Crippen LogP contribution in [0.25, 0.3) is 10.8 Å². The highest BCUT2D eigenvalue weighted by Gasteiger charge is 2.36. The van der Waals surface area contributed by atoms with Gasteiger partial charge in [0.1, 0.15) is 0 Å². The van der Waals surface area contributed by atoms with Gasteiger partial charge in [0.15, 0.2) is 0 Å². The Labute approximate surface area is 160 Å². The van der Waals surface area contributed by atoms with Gasteiger partial charge in [0.05, 0.1) is 10.3 Å². The average molecular weight is 434 g/mol. The highest BCUT2D eigenvalue weighted by molar-refractivity contribution is 9.10. The van der Waals surface area contributed by atoms with Gasteiger partial charge >= 0.3 is 0 Å². The molecular weight excluding hydrogens is 418 g/mol. The maximum Gasteiger partial charge on any atom is 0.244 e. The van der Waals surface area contributed by atoms with Crippen LogP contribution < -0.4 is 0 Å². The van der Waals surface area contributed by atoms with Crippen LogP contribution in [0.1, 0.15) is 10.9 Å². The Morgan fingerprint density at radius 3 is 2.44 bits per heavy atom. The van der Waals surface area contributed by atoms with Crippen LogP contribution in [-0.2, 0) is 10.0 Å². The number of benzene rings is 3. The van der Waals surface area contributed by atoms with Crippen LogP contribution in [0.2, 0.25) is 0 Å². The normalized spacial score (nSPS) is 18.7. The summed E-state index contributed by atoms with van der Waals surface area (Å²) >= 11 is 5.10. The molecule has 1 atom stereocenters. The standard InChI is InChI=1S/C19H16BrNO2S2/c20-17-8-5-15(6-9-17)19-21(11-12-24-19)25(22,23)18-10-7-14-3-1-2-4-16(14)13-18/h1-10,13,19H,11-12H2/t19-/m1/s1. The van der Waals surface area contributed by atoms with E-state index in [1.54, 1.807) is 28.2 Å². The van der Waals surface area contributed by atoms with Crippen LogP contribution >= 0.6 is 27.7 Å². The lowest BCUT2D eigenvalue weighted by molar-refractivity contribution is 0.434. The first kappa shape index (κ1) is 17.1. The smallest absolute Gasteiger partial charge is 0.207 e. The number of sulfonamides is 1. The molecule has 0 aromatic heterocycles. The number of nitrogens with zero attached hydrogens (tertiary/aromatic N) is 1. The van der Waals surface area contributed by atoms with Crippen molar-refractivity contribution in [3.63, 3.8) is 0 Å². The number of fused-ring (bicyclic) bond motifs is 1. The third-order valence-corrected chi connectivity index (χ3v) is 8.11. The van der Waals surface area contributed by atoms with Crippen LogP contribution in [0.15, 0.2) is 76.1 Å². The molecule has 0 N–H and O–H groups in total. The van der Waals surface area contributed by atoms with Crippen molar-refractivity contribution in [1.29, 1.82) is 0 Å². The predicted molar refractivity (Wildman–Crippen MR) is 107 cm³/mol. The zero-order valence-electron chi connectivity index (χ0n) is 13.3. The van der Waals surface area contributed by atoms with E-state index in [0.717, 1.165) is 26.6 Å². The summed E-state index contributed by atoms with van der Waals surface area (Å²) in [6.07, 6.45) is 0. The van der Waals surface area contributed by atoms with Crippen molar-refractivity contribution in [1.82, 2.24) is 4.31 Å². The molecular formula is C19H16BrNO2S2. The summed E-state index contributed by atoms with van der Waals surface area (Å²) in [7, 11) is -3.54. The van der Waals surface area contributed by atoms with E-state index in [4.69, 9.17) is 0 Å². The first-order chi connectivity index (χ1) is 12.1. The zero-order chi connectivity index (χ0) is 17.4. The minimum Gasteiger partial charge on any atom is -0.207 e. The van der Waals surface area contributed by atoms with Crippen molar-refractivity contribution in [2.45, 2.75) is 10.3 Å². The molecule has 3 aromatic carbocycles. The van der Waals surface area contributed by atoms with Crippen molar-refractivity contribution in [3.8, 4) is 0 Å². The summed E-state index contributed by atoms with van der Waals surface area (Å²) in [4.78, 5) is 0.357. The van der Waals surface area contributed by atoms with Crippen molar-refractivity contribution < 1.29 is 8.42 Å². The van der Waals surface area contributed by atoms with Gasteiger partial charge in [-0.25, -0.2) is 8.42 Å². The van der Waals surface area contributed by atoms with Gasteiger partial charge < -0.3 is 0 Å². The van der Waals surface area contributed by atoms with Gasteiger partial charge in [0, 0.05) is 16.8 Å². The van der Waals surface area contributed by atoms with Crippen LogP contribution in [0.4, 0.5) is 0 Å². The lowest BCUT2D eigenvalue weighted by Gasteiger charge is -2.23. The lowest BCUT2D eigenvalue weighted by Crippen LogP contribution is -2.30. The molecule has 1 aliphatic heterocycles. The fourth-order valence-corrected chi connectivity index (χ4v) is 6.60. The summed E-state index contributed by atoms with van der Waals surface area (Å²) < 4.78 is 29.1. The highest BCUT2D eigenvalue weighted by atomic mass is 79.9. The second-order valence-corrected chi connectivity index (χ2v) is 9.89. The highest BCUT2D eigenvalue weighted by Crippen LogP contribution is 2.41. The Kier molecular flexibility index (Phi) is 4.62. The number of hydrogen-bond acceptors (Lipinski definition) is 3. The van der Waals surface area contributed by atoms with Gasteiger partial charge in [-0.3, -0.25) is 0 Å². The van der Waals surface area contributed by atoms with E-state index in [2.05, 4.69) is 15.9 Å². The molecule has 3 nitrogen and oxygen atoms in total. The molecule has 4 rings (SSSR count). The van der Waals surface area contributed by atoms with Crippen molar-refractivity contribution in [3.05, 3.63) is 76.8 Å². The van der Waals surface area contributed by atoms with Crippen LogP contribution in [0.3, 0.4) is 0 Å². The molecule has 1 heterocycles. The van der Waals surface area contributed by atoms with E-state index in [1.165, 1.54) is 0 Å². The maximum absolute atomic E-state index is 13.2. The molecule has 1 saturated heterocycles. The lowest BCUT2D eigenvalue weighted by atomic mass is 10.1. The third kappa shape index (κ3) is 3.24. The number of halogens is 1. The molecule has 0 amide bonds. The second-order valence-electron chi connectivity index (χ2n) is 5.90. The van der Waals surface area contributed by atoms with Gasteiger partial charge in [-0.15, -0.1) is 11.8 Å². The van der Waals surface area contributed by atoms with E-state index < -0.39 is 10.0 Å². The third-order valence-electron chi connectivity index (χ3n) is 4.33. The topological polar surface area (TPSA) is 37.4 Å².